The number of nitrogens with one attached hydrogen (secondary N) is 1. The van der Waals surface area contributed by atoms with Gasteiger partial charge in [-0.2, -0.15) is 0 Å². The number of hydrogen-bond donors (Lipinski definition) is 2. The van der Waals surface area contributed by atoms with Crippen LogP contribution in [0.2, 0.25) is 5.02 Å². The smallest absolute Gasteiger partial charge is 0.255 e. The summed E-state index contributed by atoms with van der Waals surface area (Å²) in [5.74, 6) is -1.13. The summed E-state index contributed by atoms with van der Waals surface area (Å²) >= 11 is 5.96. The highest BCUT2D eigenvalue weighted by atomic mass is 35.5. The van der Waals surface area contributed by atoms with Gasteiger partial charge in [-0.3, -0.25) is 4.79 Å². The lowest BCUT2D eigenvalue weighted by Gasteiger charge is -2.08. The maximum Gasteiger partial charge on any atom is 0.255 e. The largest absolute Gasteiger partial charge is 0.383 e. The number of aromatic nitrogens is 1. The van der Waals surface area contributed by atoms with Crippen LogP contribution in [0.1, 0.15) is 15.9 Å². The highest BCUT2D eigenvalue weighted by Gasteiger charge is 2.12. The fourth-order valence-electron chi connectivity index (χ4n) is 1.54. The molecule has 0 saturated heterocycles. The van der Waals surface area contributed by atoms with Crippen LogP contribution in [-0.2, 0) is 6.54 Å². The molecule has 1 aromatic carbocycles. The van der Waals surface area contributed by atoms with Crippen molar-refractivity contribution >= 4 is 23.3 Å². The zero-order chi connectivity index (χ0) is 13.8. The number of anilines is 1. The first-order valence-electron chi connectivity index (χ1n) is 5.50. The minimum Gasteiger partial charge on any atom is -0.383 e. The molecule has 2 rings (SSSR count). The van der Waals surface area contributed by atoms with E-state index in [9.17, 15) is 9.18 Å². The maximum absolute atomic E-state index is 13.0. The molecule has 0 aliphatic carbocycles. The number of pyridine rings is 1. The number of halogens is 2. The molecule has 1 amide bonds. The van der Waals surface area contributed by atoms with Crippen LogP contribution in [0.25, 0.3) is 0 Å². The van der Waals surface area contributed by atoms with Gasteiger partial charge in [0, 0.05) is 11.6 Å². The van der Waals surface area contributed by atoms with E-state index in [1.54, 1.807) is 18.2 Å². The second-order valence-electron chi connectivity index (χ2n) is 3.86. The average molecular weight is 280 g/mol. The summed E-state index contributed by atoms with van der Waals surface area (Å²) in [6.45, 7) is 0.231. The number of nitrogen functional groups attached to an aromatic ring is 1. The molecule has 2 aromatic rings. The highest BCUT2D eigenvalue weighted by Crippen LogP contribution is 2.15. The van der Waals surface area contributed by atoms with Crippen molar-refractivity contribution in [2.75, 3.05) is 5.73 Å². The quantitative estimate of drug-likeness (QED) is 0.906. The number of hydrogen-bond acceptors (Lipinski definition) is 3. The molecule has 3 N–H and O–H groups in total. The van der Waals surface area contributed by atoms with Crippen LogP contribution in [0.3, 0.4) is 0 Å². The van der Waals surface area contributed by atoms with E-state index in [1.807, 2.05) is 6.07 Å². The minimum atomic E-state index is -0.614. The first-order chi connectivity index (χ1) is 9.08. The lowest BCUT2D eigenvalue weighted by atomic mass is 10.2. The molecule has 0 saturated carbocycles. The summed E-state index contributed by atoms with van der Waals surface area (Å²) in [5.41, 5.74) is 6.30. The molecule has 0 atom stereocenters. The molecular formula is C13H11ClFN3O. The van der Waals surface area contributed by atoms with Crippen LogP contribution in [0.5, 0.6) is 0 Å². The molecule has 0 unspecified atom stereocenters. The molecule has 6 heteroatoms. The fraction of sp³-hybridized carbons (Fsp3) is 0.0769. The third-order valence-corrected chi connectivity index (χ3v) is 2.90. The Morgan fingerprint density at radius 3 is 2.89 bits per heavy atom. The monoisotopic (exact) mass is 279 g/mol. The molecule has 0 radical (unpaired) electrons. The lowest BCUT2D eigenvalue weighted by Crippen LogP contribution is -2.24. The van der Waals surface area contributed by atoms with Crippen LogP contribution in [-0.4, -0.2) is 10.9 Å². The van der Waals surface area contributed by atoms with Gasteiger partial charge in [-0.25, -0.2) is 9.37 Å². The summed E-state index contributed by atoms with van der Waals surface area (Å²) in [6.07, 6.45) is 0.959. The van der Waals surface area contributed by atoms with E-state index in [0.717, 1.165) is 17.8 Å². The molecule has 4 nitrogen and oxygen atoms in total. The molecule has 98 valence electrons. The SMILES string of the molecule is Nc1ncc(F)cc1C(=O)NCc1ccccc1Cl. The van der Waals surface area contributed by atoms with Gasteiger partial charge in [-0.1, -0.05) is 29.8 Å². The molecule has 1 heterocycles. The van der Waals surface area contributed by atoms with Crippen molar-refractivity contribution in [1.82, 2.24) is 10.3 Å². The average Bonchev–Trinajstić information content (AvgIpc) is 2.40. The summed E-state index contributed by atoms with van der Waals surface area (Å²) < 4.78 is 13.0. The predicted octanol–water partition coefficient (Wildman–Crippen LogP) is 2.39. The van der Waals surface area contributed by atoms with E-state index >= 15 is 0 Å². The Morgan fingerprint density at radius 2 is 2.16 bits per heavy atom. The standard InChI is InChI=1S/C13H11ClFN3O/c14-11-4-2-1-3-8(11)6-18-13(19)10-5-9(15)7-17-12(10)16/h1-5,7H,6H2,(H2,16,17)(H,18,19). The van der Waals surface area contributed by atoms with Crippen molar-refractivity contribution in [3.8, 4) is 0 Å². The zero-order valence-corrected chi connectivity index (χ0v) is 10.6. The van der Waals surface area contributed by atoms with Gasteiger partial charge >= 0.3 is 0 Å². The second kappa shape index (κ2) is 5.67. The Kier molecular flexibility index (Phi) is 3.97. The number of amides is 1. The summed E-state index contributed by atoms with van der Waals surface area (Å²) in [7, 11) is 0. The van der Waals surface area contributed by atoms with Gasteiger partial charge in [-0.15, -0.1) is 0 Å². The van der Waals surface area contributed by atoms with Crippen molar-refractivity contribution < 1.29 is 9.18 Å². The van der Waals surface area contributed by atoms with Crippen LogP contribution in [0.15, 0.2) is 36.5 Å². The maximum atomic E-state index is 13.0. The van der Waals surface area contributed by atoms with Gasteiger partial charge in [-0.05, 0) is 17.7 Å². The molecule has 0 aliphatic heterocycles. The van der Waals surface area contributed by atoms with E-state index in [2.05, 4.69) is 10.3 Å². The van der Waals surface area contributed by atoms with E-state index in [-0.39, 0.29) is 17.9 Å². The van der Waals surface area contributed by atoms with Gasteiger partial charge in [0.25, 0.3) is 5.91 Å². The summed E-state index contributed by atoms with van der Waals surface area (Å²) in [4.78, 5) is 15.4. The normalized spacial score (nSPS) is 10.2. The molecule has 0 fully saturated rings. The van der Waals surface area contributed by atoms with Crippen LogP contribution in [0.4, 0.5) is 10.2 Å². The van der Waals surface area contributed by atoms with E-state index in [1.165, 1.54) is 0 Å². The Bertz CT molecular complexity index is 619. The Balaban J connectivity index is 2.10. The topological polar surface area (TPSA) is 68.0 Å². The van der Waals surface area contributed by atoms with E-state index in [4.69, 9.17) is 17.3 Å². The summed E-state index contributed by atoms with van der Waals surface area (Å²) in [5, 5.41) is 3.16. The van der Waals surface area contributed by atoms with Gasteiger partial charge < -0.3 is 11.1 Å². The number of rotatable bonds is 3. The Morgan fingerprint density at radius 1 is 1.42 bits per heavy atom. The van der Waals surface area contributed by atoms with Crippen LogP contribution in [0, 0.1) is 5.82 Å². The Labute approximate surface area is 114 Å². The number of carbonyl (C=O) groups excluding carboxylic acids is 1. The third-order valence-electron chi connectivity index (χ3n) is 2.53. The first-order valence-corrected chi connectivity index (χ1v) is 5.88. The Hall–Kier alpha value is -2.14. The number of nitrogens with two attached hydrogens (primary N) is 1. The van der Waals surface area contributed by atoms with E-state index in [0.29, 0.717) is 5.02 Å². The third kappa shape index (κ3) is 3.20. The predicted molar refractivity (Wildman–Crippen MR) is 71.2 cm³/mol. The molecule has 0 spiro atoms. The molecular weight excluding hydrogens is 269 g/mol. The van der Waals surface area contributed by atoms with Crippen molar-refractivity contribution in [3.63, 3.8) is 0 Å². The van der Waals surface area contributed by atoms with Crippen molar-refractivity contribution in [3.05, 3.63) is 58.5 Å². The van der Waals surface area contributed by atoms with Gasteiger partial charge in [0.2, 0.25) is 0 Å². The molecule has 1 aromatic heterocycles. The minimum absolute atomic E-state index is 0.00653. The number of benzene rings is 1. The highest BCUT2D eigenvalue weighted by molar-refractivity contribution is 6.31. The van der Waals surface area contributed by atoms with Gasteiger partial charge in [0.1, 0.15) is 11.6 Å². The van der Waals surface area contributed by atoms with Gasteiger partial charge in [0.15, 0.2) is 0 Å². The summed E-state index contributed by atoms with van der Waals surface area (Å²) in [6, 6.07) is 8.16. The second-order valence-corrected chi connectivity index (χ2v) is 4.27. The number of nitrogens with zero attached hydrogens (tertiary/aromatic N) is 1. The lowest BCUT2D eigenvalue weighted by molar-refractivity contribution is 0.0951. The molecule has 0 aliphatic rings. The fourth-order valence-corrected chi connectivity index (χ4v) is 1.75. The first kappa shape index (κ1) is 13.3. The van der Waals surface area contributed by atoms with E-state index < -0.39 is 11.7 Å². The molecule has 0 bridgehead atoms. The van der Waals surface area contributed by atoms with Crippen molar-refractivity contribution in [2.24, 2.45) is 0 Å². The van der Waals surface area contributed by atoms with Crippen molar-refractivity contribution in [2.45, 2.75) is 6.54 Å². The van der Waals surface area contributed by atoms with Crippen LogP contribution < -0.4 is 11.1 Å². The van der Waals surface area contributed by atoms with Crippen LogP contribution >= 0.6 is 11.6 Å². The van der Waals surface area contributed by atoms with Gasteiger partial charge in [0.05, 0.1) is 11.8 Å². The zero-order valence-electron chi connectivity index (χ0n) is 9.86. The number of carbonyl (C=O) groups is 1. The van der Waals surface area contributed by atoms with Crippen molar-refractivity contribution in [1.29, 1.82) is 0 Å². The molecule has 19 heavy (non-hydrogen) atoms.